The van der Waals surface area contributed by atoms with E-state index in [0.717, 1.165) is 16.4 Å². The standard InChI is InChI=1S/C15H14F2N2O4S/c1-19(2)24(21,22)23-12-5-3-4-10(8-12)15(20)18-14-7-6-11(16)9-13(14)17/h3-9H,1-2H3,(H,18,20). The van der Waals surface area contributed by atoms with Crippen LogP contribution >= 0.6 is 0 Å². The summed E-state index contributed by atoms with van der Waals surface area (Å²) in [6.07, 6.45) is 0. The van der Waals surface area contributed by atoms with Crippen LogP contribution in [-0.4, -0.2) is 32.7 Å². The number of nitrogens with one attached hydrogen (secondary N) is 1. The summed E-state index contributed by atoms with van der Waals surface area (Å²) in [5.74, 6) is -2.47. The number of rotatable bonds is 5. The van der Waals surface area contributed by atoms with Gasteiger partial charge < -0.3 is 9.50 Å². The Morgan fingerprint density at radius 1 is 1.12 bits per heavy atom. The van der Waals surface area contributed by atoms with Crippen molar-refractivity contribution in [3.8, 4) is 5.75 Å². The molecule has 0 saturated heterocycles. The van der Waals surface area contributed by atoms with Gasteiger partial charge in [-0.3, -0.25) is 4.79 Å². The van der Waals surface area contributed by atoms with Crippen LogP contribution in [-0.2, 0) is 10.3 Å². The third-order valence-corrected chi connectivity index (χ3v) is 4.22. The van der Waals surface area contributed by atoms with Gasteiger partial charge in [0.1, 0.15) is 17.4 Å². The number of carbonyl (C=O) groups is 1. The lowest BCUT2D eigenvalue weighted by Gasteiger charge is -2.12. The van der Waals surface area contributed by atoms with Crippen molar-refractivity contribution in [2.45, 2.75) is 0 Å². The minimum absolute atomic E-state index is 0.0465. The van der Waals surface area contributed by atoms with Crippen molar-refractivity contribution < 1.29 is 26.2 Å². The number of benzene rings is 2. The van der Waals surface area contributed by atoms with Crippen LogP contribution in [0.25, 0.3) is 0 Å². The molecule has 0 spiro atoms. The molecule has 0 atom stereocenters. The molecular weight excluding hydrogens is 342 g/mol. The third kappa shape index (κ3) is 4.27. The summed E-state index contributed by atoms with van der Waals surface area (Å²) < 4.78 is 55.4. The Labute approximate surface area is 137 Å². The monoisotopic (exact) mass is 356 g/mol. The maximum atomic E-state index is 13.6. The summed E-state index contributed by atoms with van der Waals surface area (Å²) in [5.41, 5.74) is -0.154. The van der Waals surface area contributed by atoms with Crippen LogP contribution in [0, 0.1) is 11.6 Å². The Morgan fingerprint density at radius 3 is 2.46 bits per heavy atom. The van der Waals surface area contributed by atoms with Crippen LogP contribution in [0.5, 0.6) is 5.75 Å². The summed E-state index contributed by atoms with van der Waals surface area (Å²) in [4.78, 5) is 12.1. The fourth-order valence-electron chi connectivity index (χ4n) is 1.67. The second kappa shape index (κ2) is 6.93. The van der Waals surface area contributed by atoms with Gasteiger partial charge in [0.2, 0.25) is 0 Å². The van der Waals surface area contributed by atoms with Crippen LogP contribution in [0.15, 0.2) is 42.5 Å². The Kier molecular flexibility index (Phi) is 5.15. The Balaban J connectivity index is 2.20. The minimum Gasteiger partial charge on any atom is -0.371 e. The summed E-state index contributed by atoms with van der Waals surface area (Å²) in [5, 5.41) is 2.27. The zero-order valence-electron chi connectivity index (χ0n) is 12.8. The van der Waals surface area contributed by atoms with Gasteiger partial charge in [-0.2, -0.15) is 12.7 Å². The van der Waals surface area contributed by atoms with E-state index in [0.29, 0.717) is 6.07 Å². The minimum atomic E-state index is -3.96. The van der Waals surface area contributed by atoms with E-state index in [9.17, 15) is 22.0 Å². The predicted molar refractivity (Wildman–Crippen MR) is 84.0 cm³/mol. The molecule has 0 unspecified atom stereocenters. The highest BCUT2D eigenvalue weighted by Gasteiger charge is 2.17. The van der Waals surface area contributed by atoms with E-state index < -0.39 is 27.8 Å². The molecular formula is C15H14F2N2O4S. The van der Waals surface area contributed by atoms with Crippen LogP contribution in [0.3, 0.4) is 0 Å². The van der Waals surface area contributed by atoms with Crippen molar-refractivity contribution in [1.82, 2.24) is 4.31 Å². The van der Waals surface area contributed by atoms with Gasteiger partial charge in [-0.05, 0) is 30.3 Å². The average Bonchev–Trinajstić information content (AvgIpc) is 2.49. The lowest BCUT2D eigenvalue weighted by Crippen LogP contribution is -2.27. The molecule has 2 rings (SSSR count). The van der Waals surface area contributed by atoms with Crippen LogP contribution in [0.1, 0.15) is 10.4 Å². The average molecular weight is 356 g/mol. The Hall–Kier alpha value is -2.52. The molecule has 0 radical (unpaired) electrons. The summed E-state index contributed by atoms with van der Waals surface area (Å²) in [6.45, 7) is 0. The topological polar surface area (TPSA) is 75.7 Å². The fourth-order valence-corrected chi connectivity index (χ4v) is 2.17. The van der Waals surface area contributed by atoms with Crippen LogP contribution in [0.2, 0.25) is 0 Å². The molecule has 2 aromatic carbocycles. The van der Waals surface area contributed by atoms with Crippen LogP contribution in [0.4, 0.5) is 14.5 Å². The first-order valence-corrected chi connectivity index (χ1v) is 8.04. The van der Waals surface area contributed by atoms with E-state index in [-0.39, 0.29) is 17.0 Å². The van der Waals surface area contributed by atoms with E-state index in [1.165, 1.54) is 38.4 Å². The van der Waals surface area contributed by atoms with Crippen LogP contribution < -0.4 is 9.50 Å². The van der Waals surface area contributed by atoms with E-state index >= 15 is 0 Å². The van der Waals surface area contributed by atoms with Gasteiger partial charge in [0.25, 0.3) is 5.91 Å². The lowest BCUT2D eigenvalue weighted by molar-refractivity contribution is 0.102. The molecule has 1 N–H and O–H groups in total. The number of anilines is 1. The first-order chi connectivity index (χ1) is 11.2. The number of hydrogen-bond donors (Lipinski definition) is 1. The van der Waals surface area contributed by atoms with E-state index in [1.54, 1.807) is 0 Å². The zero-order chi connectivity index (χ0) is 17.9. The van der Waals surface area contributed by atoms with Crippen molar-refractivity contribution in [3.05, 3.63) is 59.7 Å². The van der Waals surface area contributed by atoms with E-state index in [2.05, 4.69) is 5.32 Å². The molecule has 0 heterocycles. The second-order valence-corrected chi connectivity index (χ2v) is 6.68. The predicted octanol–water partition coefficient (Wildman–Crippen LogP) is 2.40. The molecule has 0 fully saturated rings. The molecule has 0 saturated carbocycles. The van der Waals surface area contributed by atoms with Gasteiger partial charge in [-0.15, -0.1) is 0 Å². The normalized spacial score (nSPS) is 11.4. The lowest BCUT2D eigenvalue weighted by atomic mass is 10.2. The number of carbonyl (C=O) groups excluding carboxylic acids is 1. The SMILES string of the molecule is CN(C)S(=O)(=O)Oc1cccc(C(=O)Nc2ccc(F)cc2F)c1. The smallest absolute Gasteiger partial charge is 0.371 e. The van der Waals surface area contributed by atoms with Gasteiger partial charge in [0.05, 0.1) is 5.69 Å². The zero-order valence-corrected chi connectivity index (χ0v) is 13.6. The molecule has 9 heteroatoms. The van der Waals surface area contributed by atoms with E-state index in [1.807, 2.05) is 0 Å². The molecule has 24 heavy (non-hydrogen) atoms. The quantitative estimate of drug-likeness (QED) is 0.893. The highest BCUT2D eigenvalue weighted by Crippen LogP contribution is 2.19. The maximum absolute atomic E-state index is 13.6. The van der Waals surface area contributed by atoms with Crippen molar-refractivity contribution in [2.24, 2.45) is 0 Å². The van der Waals surface area contributed by atoms with Gasteiger partial charge in [-0.25, -0.2) is 8.78 Å². The molecule has 0 bridgehead atoms. The van der Waals surface area contributed by atoms with Crippen molar-refractivity contribution in [3.63, 3.8) is 0 Å². The first kappa shape index (κ1) is 17.8. The van der Waals surface area contributed by atoms with Gasteiger partial charge in [0, 0.05) is 25.7 Å². The molecule has 128 valence electrons. The Morgan fingerprint density at radius 2 is 1.83 bits per heavy atom. The molecule has 0 aliphatic heterocycles. The molecule has 1 amide bonds. The maximum Gasteiger partial charge on any atom is 0.384 e. The molecule has 0 aliphatic carbocycles. The van der Waals surface area contributed by atoms with Gasteiger partial charge in [-0.1, -0.05) is 6.07 Å². The number of nitrogens with zero attached hydrogens (tertiary/aromatic N) is 1. The number of amides is 1. The molecule has 2 aromatic rings. The van der Waals surface area contributed by atoms with Crippen molar-refractivity contribution >= 4 is 21.9 Å². The van der Waals surface area contributed by atoms with Crippen molar-refractivity contribution in [1.29, 1.82) is 0 Å². The molecule has 0 aliphatic rings. The highest BCUT2D eigenvalue weighted by molar-refractivity contribution is 7.84. The van der Waals surface area contributed by atoms with Gasteiger partial charge in [0.15, 0.2) is 0 Å². The number of halogens is 2. The summed E-state index contributed by atoms with van der Waals surface area (Å²) in [7, 11) is -1.37. The van der Waals surface area contributed by atoms with Gasteiger partial charge >= 0.3 is 10.3 Å². The third-order valence-electron chi connectivity index (χ3n) is 2.92. The second-order valence-electron chi connectivity index (χ2n) is 4.93. The highest BCUT2D eigenvalue weighted by atomic mass is 32.2. The Bertz CT molecular complexity index is 870. The summed E-state index contributed by atoms with van der Waals surface area (Å²) >= 11 is 0. The number of hydrogen-bond acceptors (Lipinski definition) is 4. The van der Waals surface area contributed by atoms with Crippen molar-refractivity contribution in [2.75, 3.05) is 19.4 Å². The summed E-state index contributed by atoms with van der Waals surface area (Å²) in [6, 6.07) is 8.08. The van der Waals surface area contributed by atoms with E-state index in [4.69, 9.17) is 4.18 Å². The first-order valence-electron chi connectivity index (χ1n) is 6.67. The molecule has 6 nitrogen and oxygen atoms in total. The molecule has 0 aromatic heterocycles. The largest absolute Gasteiger partial charge is 0.384 e. The fraction of sp³-hybridized carbons (Fsp3) is 0.133.